The molecule has 0 saturated carbocycles. The first-order valence-electron chi connectivity index (χ1n) is 3.93. The summed E-state index contributed by atoms with van der Waals surface area (Å²) in [5.74, 6) is -0.242. The maximum atomic E-state index is 11.3. The van der Waals surface area contributed by atoms with Crippen molar-refractivity contribution in [3.63, 3.8) is 0 Å². The van der Waals surface area contributed by atoms with Crippen LogP contribution in [0.25, 0.3) is 0 Å². The van der Waals surface area contributed by atoms with Crippen LogP contribution in [-0.4, -0.2) is 5.78 Å². The molecule has 0 aliphatic heterocycles. The average Bonchev–Trinajstić information content (AvgIpc) is 2.19. The SMILES string of the molecule is N#CCC(=O)c1cccc(NC#N)c1. The molecule has 0 fully saturated rings. The van der Waals surface area contributed by atoms with E-state index in [4.69, 9.17) is 10.5 Å². The molecular weight excluding hydrogens is 178 g/mol. The smallest absolute Gasteiger partial charge is 0.181 e. The summed E-state index contributed by atoms with van der Waals surface area (Å²) in [7, 11) is 0. The molecule has 1 rings (SSSR count). The second-order valence-corrected chi connectivity index (χ2v) is 2.58. The number of ketones is 1. The van der Waals surface area contributed by atoms with Gasteiger partial charge >= 0.3 is 0 Å². The van der Waals surface area contributed by atoms with Crippen LogP contribution in [0.5, 0.6) is 0 Å². The first-order chi connectivity index (χ1) is 6.77. The molecule has 4 heteroatoms. The van der Waals surface area contributed by atoms with Crippen molar-refractivity contribution >= 4 is 11.5 Å². The van der Waals surface area contributed by atoms with Gasteiger partial charge in [-0.1, -0.05) is 12.1 Å². The fraction of sp³-hybridized carbons (Fsp3) is 0.100. The normalized spacial score (nSPS) is 8.43. The van der Waals surface area contributed by atoms with Crippen LogP contribution < -0.4 is 5.32 Å². The van der Waals surface area contributed by atoms with Gasteiger partial charge in [-0.3, -0.25) is 10.1 Å². The van der Waals surface area contributed by atoms with Gasteiger partial charge in [0.25, 0.3) is 0 Å². The van der Waals surface area contributed by atoms with E-state index in [2.05, 4.69) is 5.32 Å². The van der Waals surface area contributed by atoms with E-state index < -0.39 is 0 Å². The molecular formula is C10H7N3O. The van der Waals surface area contributed by atoms with Crippen LogP contribution in [0.15, 0.2) is 24.3 Å². The number of nitrogens with zero attached hydrogens (tertiary/aromatic N) is 2. The van der Waals surface area contributed by atoms with Crippen LogP contribution in [0.3, 0.4) is 0 Å². The van der Waals surface area contributed by atoms with E-state index in [1.807, 2.05) is 0 Å². The largest absolute Gasteiger partial charge is 0.293 e. The standard InChI is InChI=1S/C10H7N3O/c11-5-4-10(14)8-2-1-3-9(6-8)13-7-12/h1-3,6,13H,4H2. The zero-order valence-electron chi connectivity index (χ0n) is 7.32. The van der Waals surface area contributed by atoms with Gasteiger partial charge in [0.2, 0.25) is 0 Å². The van der Waals surface area contributed by atoms with E-state index in [9.17, 15) is 4.79 Å². The molecule has 68 valence electrons. The fourth-order valence-electron chi connectivity index (χ4n) is 1.01. The van der Waals surface area contributed by atoms with Crippen molar-refractivity contribution in [2.24, 2.45) is 0 Å². The van der Waals surface area contributed by atoms with Crippen molar-refractivity contribution in [3.8, 4) is 12.3 Å². The van der Waals surface area contributed by atoms with Gasteiger partial charge in [-0.2, -0.15) is 10.5 Å². The number of hydrogen-bond acceptors (Lipinski definition) is 4. The number of carbonyl (C=O) groups is 1. The molecule has 0 bridgehead atoms. The van der Waals surface area contributed by atoms with Gasteiger partial charge in [0.05, 0.1) is 12.5 Å². The molecule has 14 heavy (non-hydrogen) atoms. The Hall–Kier alpha value is -2.33. The Morgan fingerprint density at radius 1 is 1.43 bits per heavy atom. The second-order valence-electron chi connectivity index (χ2n) is 2.58. The van der Waals surface area contributed by atoms with Gasteiger partial charge in [-0.25, -0.2) is 0 Å². The second kappa shape index (κ2) is 4.64. The van der Waals surface area contributed by atoms with Crippen LogP contribution in [-0.2, 0) is 0 Å². The minimum Gasteiger partial charge on any atom is -0.293 e. The van der Waals surface area contributed by atoms with Crippen molar-refractivity contribution in [1.29, 1.82) is 10.5 Å². The predicted molar refractivity (Wildman–Crippen MR) is 50.2 cm³/mol. The van der Waals surface area contributed by atoms with Crippen molar-refractivity contribution < 1.29 is 4.79 Å². The van der Waals surface area contributed by atoms with Crippen LogP contribution >= 0.6 is 0 Å². The molecule has 1 aromatic carbocycles. The van der Waals surface area contributed by atoms with Gasteiger partial charge < -0.3 is 0 Å². The Morgan fingerprint density at radius 2 is 2.21 bits per heavy atom. The number of Topliss-reactive ketones (excluding diaryl/α,β-unsaturated/α-hetero) is 1. The summed E-state index contributed by atoms with van der Waals surface area (Å²) in [6, 6.07) is 8.27. The highest BCUT2D eigenvalue weighted by Crippen LogP contribution is 2.11. The van der Waals surface area contributed by atoms with Gasteiger partial charge in [-0.15, -0.1) is 0 Å². The molecule has 0 heterocycles. The van der Waals surface area contributed by atoms with Gasteiger partial charge in [-0.05, 0) is 12.1 Å². The highest BCUT2D eigenvalue weighted by Gasteiger charge is 2.04. The summed E-state index contributed by atoms with van der Waals surface area (Å²) in [5, 5.41) is 19.1. The van der Waals surface area contributed by atoms with Gasteiger partial charge in [0, 0.05) is 11.3 Å². The van der Waals surface area contributed by atoms with E-state index in [1.165, 1.54) is 0 Å². The highest BCUT2D eigenvalue weighted by atomic mass is 16.1. The summed E-state index contributed by atoms with van der Waals surface area (Å²) in [5.41, 5.74) is 0.989. The minimum atomic E-state index is -0.242. The molecule has 0 spiro atoms. The van der Waals surface area contributed by atoms with E-state index in [0.717, 1.165) is 0 Å². The molecule has 0 aliphatic rings. The molecule has 1 aromatic rings. The molecule has 0 unspecified atom stereocenters. The van der Waals surface area contributed by atoms with Crippen molar-refractivity contribution in [2.45, 2.75) is 6.42 Å². The number of nitrogens with one attached hydrogen (secondary N) is 1. The number of benzene rings is 1. The molecule has 1 N–H and O–H groups in total. The first kappa shape index (κ1) is 9.76. The number of nitriles is 2. The lowest BCUT2D eigenvalue weighted by atomic mass is 10.1. The number of hydrogen-bond donors (Lipinski definition) is 1. The zero-order chi connectivity index (χ0) is 10.4. The maximum Gasteiger partial charge on any atom is 0.181 e. The molecule has 0 saturated heterocycles. The Kier molecular flexibility index (Phi) is 3.23. The zero-order valence-corrected chi connectivity index (χ0v) is 7.32. The van der Waals surface area contributed by atoms with Gasteiger partial charge in [0.1, 0.15) is 0 Å². The number of anilines is 1. The third-order valence-electron chi connectivity index (χ3n) is 1.62. The Labute approximate surface area is 81.4 Å². The Bertz CT molecular complexity index is 426. The number of rotatable bonds is 3. The van der Waals surface area contributed by atoms with E-state index in [-0.39, 0.29) is 12.2 Å². The summed E-state index contributed by atoms with van der Waals surface area (Å²) in [6.07, 6.45) is 1.61. The van der Waals surface area contributed by atoms with Crippen molar-refractivity contribution in [1.82, 2.24) is 0 Å². The minimum absolute atomic E-state index is 0.143. The quantitative estimate of drug-likeness (QED) is 0.441. The molecule has 0 radical (unpaired) electrons. The molecule has 0 atom stereocenters. The van der Waals surface area contributed by atoms with Crippen LogP contribution in [0.1, 0.15) is 16.8 Å². The lowest BCUT2D eigenvalue weighted by molar-refractivity contribution is 0.0998. The van der Waals surface area contributed by atoms with E-state index in [1.54, 1.807) is 36.5 Å². The summed E-state index contributed by atoms with van der Waals surface area (Å²) >= 11 is 0. The summed E-state index contributed by atoms with van der Waals surface area (Å²) < 4.78 is 0. The highest BCUT2D eigenvalue weighted by molar-refractivity contribution is 5.98. The Morgan fingerprint density at radius 3 is 2.86 bits per heavy atom. The lowest BCUT2D eigenvalue weighted by Gasteiger charge is -1.99. The molecule has 0 aliphatic carbocycles. The van der Waals surface area contributed by atoms with Crippen LogP contribution in [0, 0.1) is 22.8 Å². The Balaban J connectivity index is 2.90. The third-order valence-corrected chi connectivity index (χ3v) is 1.62. The van der Waals surface area contributed by atoms with Crippen molar-refractivity contribution in [3.05, 3.63) is 29.8 Å². The van der Waals surface area contributed by atoms with E-state index >= 15 is 0 Å². The first-order valence-corrected chi connectivity index (χ1v) is 3.93. The predicted octanol–water partition coefficient (Wildman–Crippen LogP) is 1.68. The maximum absolute atomic E-state index is 11.3. The topological polar surface area (TPSA) is 76.7 Å². The monoisotopic (exact) mass is 185 g/mol. The molecule has 0 aromatic heterocycles. The van der Waals surface area contributed by atoms with Crippen molar-refractivity contribution in [2.75, 3.05) is 5.32 Å². The van der Waals surface area contributed by atoms with Crippen LogP contribution in [0.2, 0.25) is 0 Å². The summed E-state index contributed by atoms with van der Waals surface area (Å²) in [6.45, 7) is 0. The van der Waals surface area contributed by atoms with E-state index in [0.29, 0.717) is 11.3 Å². The summed E-state index contributed by atoms with van der Waals surface area (Å²) in [4.78, 5) is 11.3. The molecule has 4 nitrogen and oxygen atoms in total. The average molecular weight is 185 g/mol. The number of carbonyl (C=O) groups excluding carboxylic acids is 1. The van der Waals surface area contributed by atoms with Crippen LogP contribution in [0.4, 0.5) is 5.69 Å². The third kappa shape index (κ3) is 2.33. The fourth-order valence-corrected chi connectivity index (χ4v) is 1.01. The molecule has 0 amide bonds. The lowest BCUT2D eigenvalue weighted by Crippen LogP contribution is -1.98. The van der Waals surface area contributed by atoms with Gasteiger partial charge in [0.15, 0.2) is 12.0 Å².